The fourth-order valence-electron chi connectivity index (χ4n) is 1.73. The number of carbonyl (C=O) groups excluding carboxylic acids is 2. The number of imide groups is 1. The third-order valence-corrected chi connectivity index (χ3v) is 2.81. The summed E-state index contributed by atoms with van der Waals surface area (Å²) in [5.41, 5.74) is 5.11. The summed E-state index contributed by atoms with van der Waals surface area (Å²) in [7, 11) is 0. The minimum absolute atomic E-state index is 0.0189. The molecule has 7 heteroatoms. The van der Waals surface area contributed by atoms with E-state index in [-0.39, 0.29) is 36.6 Å². The first-order valence-electron chi connectivity index (χ1n) is 5.75. The van der Waals surface area contributed by atoms with E-state index in [0.717, 1.165) is 4.90 Å². The van der Waals surface area contributed by atoms with Gasteiger partial charge in [-0.25, -0.2) is 0 Å². The van der Waals surface area contributed by atoms with E-state index in [4.69, 9.17) is 10.3 Å². The van der Waals surface area contributed by atoms with Crippen molar-refractivity contribution < 1.29 is 14.1 Å². The second-order valence-corrected chi connectivity index (χ2v) is 5.16. The molecule has 1 saturated heterocycles. The van der Waals surface area contributed by atoms with Gasteiger partial charge in [0.1, 0.15) is 6.54 Å². The summed E-state index contributed by atoms with van der Waals surface area (Å²) in [6, 6.07) is 0. The Morgan fingerprint density at radius 2 is 2.17 bits per heavy atom. The molecule has 2 amide bonds. The Morgan fingerprint density at radius 1 is 1.50 bits per heavy atom. The van der Waals surface area contributed by atoms with E-state index in [2.05, 4.69) is 10.1 Å². The van der Waals surface area contributed by atoms with E-state index in [0.29, 0.717) is 5.82 Å². The summed E-state index contributed by atoms with van der Waals surface area (Å²) in [4.78, 5) is 28.5. The molecular weight excluding hydrogens is 236 g/mol. The van der Waals surface area contributed by atoms with Crippen molar-refractivity contribution in [3.8, 4) is 0 Å². The van der Waals surface area contributed by atoms with Crippen LogP contribution in [0.15, 0.2) is 4.52 Å². The van der Waals surface area contributed by atoms with Crippen LogP contribution in [-0.2, 0) is 21.7 Å². The van der Waals surface area contributed by atoms with Crippen molar-refractivity contribution in [1.82, 2.24) is 15.0 Å². The van der Waals surface area contributed by atoms with E-state index in [1.807, 2.05) is 0 Å². The predicted molar refractivity (Wildman–Crippen MR) is 60.8 cm³/mol. The first kappa shape index (κ1) is 12.7. The third-order valence-electron chi connectivity index (χ3n) is 2.81. The number of likely N-dealkylation sites (tertiary alicyclic amines) is 1. The molecular formula is C11H16N4O3. The second kappa shape index (κ2) is 4.16. The molecule has 1 aliphatic rings. The van der Waals surface area contributed by atoms with Gasteiger partial charge in [-0.15, -0.1) is 0 Å². The Bertz CT molecular complexity index is 489. The second-order valence-electron chi connectivity index (χ2n) is 5.16. The Balaban J connectivity index is 2.13. The monoisotopic (exact) mass is 252 g/mol. The molecule has 0 spiro atoms. The Labute approximate surface area is 104 Å². The average molecular weight is 252 g/mol. The lowest BCUT2D eigenvalue weighted by molar-refractivity contribution is -0.140. The number of rotatable bonds is 3. The van der Waals surface area contributed by atoms with Crippen LogP contribution in [0.4, 0.5) is 0 Å². The number of aromatic nitrogens is 2. The highest BCUT2D eigenvalue weighted by Gasteiger charge is 2.36. The smallest absolute Gasteiger partial charge is 0.246 e. The fourth-order valence-corrected chi connectivity index (χ4v) is 1.73. The maximum atomic E-state index is 11.7. The zero-order valence-electron chi connectivity index (χ0n) is 10.6. The normalized spacial score (nSPS) is 20.9. The molecule has 1 aromatic rings. The maximum Gasteiger partial charge on any atom is 0.246 e. The quantitative estimate of drug-likeness (QED) is 0.768. The molecule has 2 heterocycles. The van der Waals surface area contributed by atoms with Gasteiger partial charge in [0, 0.05) is 12.3 Å². The van der Waals surface area contributed by atoms with Crippen molar-refractivity contribution in [3.05, 3.63) is 11.7 Å². The van der Waals surface area contributed by atoms with Gasteiger partial charge in [0.15, 0.2) is 5.82 Å². The number of nitrogens with zero attached hydrogens (tertiary/aromatic N) is 3. The highest BCUT2D eigenvalue weighted by atomic mass is 16.5. The predicted octanol–water partition coefficient (Wildman–Crippen LogP) is 0.158. The molecule has 2 N–H and O–H groups in total. The van der Waals surface area contributed by atoms with E-state index in [9.17, 15) is 9.59 Å². The molecule has 0 bridgehead atoms. The molecule has 18 heavy (non-hydrogen) atoms. The van der Waals surface area contributed by atoms with Crippen LogP contribution < -0.4 is 5.73 Å². The summed E-state index contributed by atoms with van der Waals surface area (Å²) >= 11 is 0. The minimum atomic E-state index is -0.714. The largest absolute Gasteiger partial charge is 0.337 e. The Hall–Kier alpha value is -1.76. The van der Waals surface area contributed by atoms with E-state index < -0.39 is 5.54 Å². The maximum absolute atomic E-state index is 11.7. The number of amides is 2. The number of nitrogens with two attached hydrogens (primary N) is 1. The van der Waals surface area contributed by atoms with Gasteiger partial charge < -0.3 is 10.3 Å². The first-order chi connectivity index (χ1) is 8.29. The SMILES string of the molecule is CC1CC(=O)N(Cc2nc(C(C)(C)N)no2)C1=O. The standard InChI is InChI=1S/C11H16N4O3/c1-6-4-8(16)15(9(6)17)5-7-13-10(14-18-7)11(2,3)12/h6H,4-5,12H2,1-3H3. The van der Waals surface area contributed by atoms with Crippen molar-refractivity contribution in [3.63, 3.8) is 0 Å². The lowest BCUT2D eigenvalue weighted by Crippen LogP contribution is -2.31. The highest BCUT2D eigenvalue weighted by molar-refractivity contribution is 6.03. The van der Waals surface area contributed by atoms with Crippen LogP contribution in [0, 0.1) is 5.92 Å². The van der Waals surface area contributed by atoms with Gasteiger partial charge in [-0.2, -0.15) is 4.98 Å². The zero-order chi connectivity index (χ0) is 13.5. The molecule has 1 aromatic heterocycles. The van der Waals surface area contributed by atoms with Crippen molar-refractivity contribution >= 4 is 11.8 Å². The van der Waals surface area contributed by atoms with Crippen molar-refractivity contribution in [2.75, 3.05) is 0 Å². The summed E-state index contributed by atoms with van der Waals surface area (Å²) in [6.07, 6.45) is 0.238. The highest BCUT2D eigenvalue weighted by Crippen LogP contribution is 2.21. The van der Waals surface area contributed by atoms with Crippen LogP contribution in [0.2, 0.25) is 0 Å². The van der Waals surface area contributed by atoms with Crippen LogP contribution in [0.3, 0.4) is 0 Å². The summed E-state index contributed by atoms with van der Waals surface area (Å²) in [5.74, 6) is -0.110. The van der Waals surface area contributed by atoms with E-state index >= 15 is 0 Å². The van der Waals surface area contributed by atoms with E-state index in [1.54, 1.807) is 20.8 Å². The Morgan fingerprint density at radius 3 is 2.61 bits per heavy atom. The van der Waals surface area contributed by atoms with Gasteiger partial charge in [0.2, 0.25) is 17.7 Å². The molecule has 1 atom stereocenters. The summed E-state index contributed by atoms with van der Waals surface area (Å²) < 4.78 is 5.00. The van der Waals surface area contributed by atoms with E-state index in [1.165, 1.54) is 0 Å². The zero-order valence-corrected chi connectivity index (χ0v) is 10.6. The number of carbonyl (C=O) groups is 2. The molecule has 0 aliphatic carbocycles. The number of hydrogen-bond acceptors (Lipinski definition) is 6. The first-order valence-corrected chi connectivity index (χ1v) is 5.75. The van der Waals surface area contributed by atoms with Gasteiger partial charge in [0.25, 0.3) is 0 Å². The molecule has 0 radical (unpaired) electrons. The minimum Gasteiger partial charge on any atom is -0.337 e. The van der Waals surface area contributed by atoms with Crippen LogP contribution in [0.25, 0.3) is 0 Å². The molecule has 0 saturated carbocycles. The van der Waals surface area contributed by atoms with Crippen molar-refractivity contribution in [2.24, 2.45) is 11.7 Å². The fraction of sp³-hybridized carbons (Fsp3) is 0.636. The third kappa shape index (κ3) is 2.26. The lowest BCUT2D eigenvalue weighted by atomic mass is 10.1. The van der Waals surface area contributed by atoms with Crippen LogP contribution in [0.1, 0.15) is 38.9 Å². The average Bonchev–Trinajstić information content (AvgIpc) is 2.80. The summed E-state index contributed by atoms with van der Waals surface area (Å²) in [5, 5.41) is 3.74. The van der Waals surface area contributed by atoms with Crippen LogP contribution >= 0.6 is 0 Å². The van der Waals surface area contributed by atoms with Gasteiger partial charge in [-0.1, -0.05) is 12.1 Å². The van der Waals surface area contributed by atoms with Gasteiger partial charge >= 0.3 is 0 Å². The number of hydrogen-bond donors (Lipinski definition) is 1. The lowest BCUT2D eigenvalue weighted by Gasteiger charge is -2.12. The van der Waals surface area contributed by atoms with Gasteiger partial charge in [0.05, 0.1) is 5.54 Å². The topological polar surface area (TPSA) is 102 Å². The molecule has 2 rings (SSSR count). The molecule has 98 valence electrons. The molecule has 1 unspecified atom stereocenters. The van der Waals surface area contributed by atoms with Crippen LogP contribution in [0.5, 0.6) is 0 Å². The van der Waals surface area contributed by atoms with Crippen molar-refractivity contribution in [1.29, 1.82) is 0 Å². The molecule has 1 fully saturated rings. The Kier molecular flexibility index (Phi) is 2.94. The van der Waals surface area contributed by atoms with Crippen molar-refractivity contribution in [2.45, 2.75) is 39.3 Å². The summed E-state index contributed by atoms with van der Waals surface area (Å²) in [6.45, 7) is 5.24. The molecule has 7 nitrogen and oxygen atoms in total. The van der Waals surface area contributed by atoms with Gasteiger partial charge in [-0.3, -0.25) is 14.5 Å². The molecule has 0 aromatic carbocycles. The van der Waals surface area contributed by atoms with Crippen LogP contribution in [-0.4, -0.2) is 26.9 Å². The van der Waals surface area contributed by atoms with Gasteiger partial charge in [-0.05, 0) is 13.8 Å². The molecule has 1 aliphatic heterocycles.